The molecule has 1 N–H and O–H groups in total. The summed E-state index contributed by atoms with van der Waals surface area (Å²) in [5, 5.41) is 12.5. The number of oxazole rings is 1. The van der Waals surface area contributed by atoms with Crippen molar-refractivity contribution in [3.63, 3.8) is 0 Å². The normalized spacial score (nSPS) is 18.1. The Morgan fingerprint density at radius 3 is 2.67 bits per heavy atom. The number of hydrogen-bond donors (Lipinski definition) is 1. The zero-order valence-corrected chi connectivity index (χ0v) is 20.1. The molecule has 2 aliphatic rings. The Morgan fingerprint density at radius 2 is 1.94 bits per heavy atom. The summed E-state index contributed by atoms with van der Waals surface area (Å²) in [6.45, 7) is 5.08. The van der Waals surface area contributed by atoms with E-state index in [0.717, 1.165) is 24.1 Å². The van der Waals surface area contributed by atoms with Gasteiger partial charge in [0.25, 0.3) is 5.89 Å². The number of nitrogens with one attached hydrogen (secondary N) is 1. The first-order valence-electron chi connectivity index (χ1n) is 12.1. The minimum atomic E-state index is -0.223. The van der Waals surface area contributed by atoms with Crippen molar-refractivity contribution < 1.29 is 18.4 Å². The predicted molar refractivity (Wildman–Crippen MR) is 132 cm³/mol. The van der Waals surface area contributed by atoms with Gasteiger partial charge in [-0.25, -0.2) is 4.79 Å². The summed E-state index contributed by atoms with van der Waals surface area (Å²) in [5.74, 6) is 0.958. The van der Waals surface area contributed by atoms with E-state index in [1.165, 1.54) is 6.26 Å². The van der Waals surface area contributed by atoms with Crippen LogP contribution in [-0.2, 0) is 4.79 Å². The van der Waals surface area contributed by atoms with Crippen LogP contribution < -0.4 is 10.2 Å². The summed E-state index contributed by atoms with van der Waals surface area (Å²) in [5.41, 5.74) is 2.02. The Hall–Kier alpha value is -4.26. The summed E-state index contributed by atoms with van der Waals surface area (Å²) in [4.78, 5) is 35.9. The van der Waals surface area contributed by atoms with Gasteiger partial charge in [0.1, 0.15) is 6.07 Å². The molecule has 1 unspecified atom stereocenters. The van der Waals surface area contributed by atoms with Crippen LogP contribution in [-0.4, -0.2) is 66.0 Å². The van der Waals surface area contributed by atoms with E-state index in [4.69, 9.17) is 8.83 Å². The Bertz CT molecular complexity index is 1270. The lowest BCUT2D eigenvalue weighted by Gasteiger charge is -2.38. The molecule has 0 aliphatic carbocycles. The molecule has 2 aliphatic heterocycles. The molecule has 3 amide bonds. The molecule has 36 heavy (non-hydrogen) atoms. The van der Waals surface area contributed by atoms with Crippen LogP contribution in [0.1, 0.15) is 24.1 Å². The number of piperidine rings is 1. The fraction of sp³-hybridized carbons (Fsp3) is 0.385. The molecule has 1 aromatic carbocycles. The molecule has 2 fully saturated rings. The molecular weight excluding hydrogens is 460 g/mol. The Morgan fingerprint density at radius 1 is 1.11 bits per heavy atom. The number of aromatic nitrogens is 1. The molecule has 2 aromatic heterocycles. The number of amides is 3. The summed E-state index contributed by atoms with van der Waals surface area (Å²) in [6, 6.07) is 13.0. The average Bonchev–Trinajstić information content (AvgIpc) is 3.59. The summed E-state index contributed by atoms with van der Waals surface area (Å²) in [6.07, 6.45) is 3.07. The van der Waals surface area contributed by atoms with Crippen LogP contribution in [0.25, 0.3) is 11.7 Å². The highest BCUT2D eigenvalue weighted by atomic mass is 16.4. The maximum atomic E-state index is 13.3. The van der Waals surface area contributed by atoms with Crippen molar-refractivity contribution in [2.24, 2.45) is 5.92 Å². The maximum absolute atomic E-state index is 13.3. The lowest BCUT2D eigenvalue weighted by molar-refractivity contribution is -0.137. The van der Waals surface area contributed by atoms with Gasteiger partial charge in [-0.15, -0.1) is 0 Å². The van der Waals surface area contributed by atoms with Crippen molar-refractivity contribution in [1.82, 2.24) is 14.8 Å². The maximum Gasteiger partial charge on any atom is 0.321 e. The van der Waals surface area contributed by atoms with Crippen LogP contribution in [0.3, 0.4) is 0 Å². The van der Waals surface area contributed by atoms with Gasteiger partial charge in [0, 0.05) is 45.0 Å². The third kappa shape index (κ3) is 4.91. The molecule has 10 nitrogen and oxygen atoms in total. The average molecular weight is 489 g/mol. The number of nitriles is 1. The first-order chi connectivity index (χ1) is 17.5. The van der Waals surface area contributed by atoms with Crippen molar-refractivity contribution in [2.45, 2.75) is 19.8 Å². The molecule has 186 valence electrons. The van der Waals surface area contributed by atoms with Crippen LogP contribution in [0.4, 0.5) is 16.4 Å². The molecule has 0 spiro atoms. The van der Waals surface area contributed by atoms with Crippen LogP contribution in [0.15, 0.2) is 51.5 Å². The van der Waals surface area contributed by atoms with E-state index in [2.05, 4.69) is 16.4 Å². The highest BCUT2D eigenvalue weighted by Crippen LogP contribution is 2.29. The smallest absolute Gasteiger partial charge is 0.321 e. The highest BCUT2D eigenvalue weighted by molar-refractivity contribution is 5.90. The molecule has 0 saturated carbocycles. The third-order valence-corrected chi connectivity index (χ3v) is 6.65. The quantitative estimate of drug-likeness (QED) is 0.595. The number of likely N-dealkylation sites (tertiary alicyclic amines) is 1. The van der Waals surface area contributed by atoms with Gasteiger partial charge in [-0.3, -0.25) is 4.79 Å². The van der Waals surface area contributed by atoms with Crippen LogP contribution in [0, 0.1) is 24.2 Å². The Kier molecular flexibility index (Phi) is 6.62. The Balaban J connectivity index is 1.18. The van der Waals surface area contributed by atoms with Crippen molar-refractivity contribution in [1.29, 1.82) is 5.26 Å². The zero-order valence-electron chi connectivity index (χ0n) is 20.1. The van der Waals surface area contributed by atoms with Gasteiger partial charge in [-0.2, -0.15) is 10.2 Å². The van der Waals surface area contributed by atoms with Crippen LogP contribution in [0.2, 0.25) is 0 Å². The molecule has 10 heteroatoms. The largest absolute Gasteiger partial charge is 0.459 e. The number of rotatable bonds is 4. The highest BCUT2D eigenvalue weighted by Gasteiger charge is 2.34. The monoisotopic (exact) mass is 488 g/mol. The number of furan rings is 1. The second kappa shape index (κ2) is 10.2. The summed E-state index contributed by atoms with van der Waals surface area (Å²) < 4.78 is 11.2. The second-order valence-electron chi connectivity index (χ2n) is 9.16. The molecular formula is C26H28N6O4. The van der Waals surface area contributed by atoms with E-state index in [0.29, 0.717) is 50.9 Å². The number of carbonyl (C=O) groups is 2. The van der Waals surface area contributed by atoms with Gasteiger partial charge in [0.15, 0.2) is 5.76 Å². The second-order valence-corrected chi connectivity index (χ2v) is 9.16. The number of carbonyl (C=O) groups excluding carboxylic acids is 2. The van der Waals surface area contributed by atoms with E-state index in [1.807, 2.05) is 41.0 Å². The number of urea groups is 1. The SMILES string of the molecule is Cc1cccc(NC(=O)N2CCCC(C(=O)N3CCN(c4oc(-c5ccco5)nc4C#N)CC3)C2)c1. The van der Waals surface area contributed by atoms with Gasteiger partial charge in [-0.05, 0) is 49.6 Å². The standard InChI is InChI=1S/C26H28N6O4/c1-18-5-2-7-20(15-18)28-26(34)32-9-3-6-19(17-32)24(33)30-10-12-31(13-11-30)25-21(16-27)29-23(36-25)22-8-4-14-35-22/h2,4-5,7-8,14-15,19H,3,6,9-13,17H2,1H3,(H,28,34). The lowest BCUT2D eigenvalue weighted by Crippen LogP contribution is -2.53. The molecule has 0 radical (unpaired) electrons. The first kappa shape index (κ1) is 23.5. The molecule has 1 atom stereocenters. The fourth-order valence-corrected chi connectivity index (χ4v) is 4.78. The van der Waals surface area contributed by atoms with Crippen molar-refractivity contribution in [3.05, 3.63) is 53.9 Å². The number of aryl methyl sites for hydroxylation is 1. The van der Waals surface area contributed by atoms with Gasteiger partial charge >= 0.3 is 6.03 Å². The molecule has 2 saturated heterocycles. The van der Waals surface area contributed by atoms with Crippen molar-refractivity contribution >= 4 is 23.5 Å². The third-order valence-electron chi connectivity index (χ3n) is 6.65. The molecule has 5 rings (SSSR count). The van der Waals surface area contributed by atoms with Crippen LogP contribution in [0.5, 0.6) is 0 Å². The minimum Gasteiger partial charge on any atom is -0.459 e. The van der Waals surface area contributed by atoms with E-state index in [9.17, 15) is 14.9 Å². The van der Waals surface area contributed by atoms with E-state index >= 15 is 0 Å². The minimum absolute atomic E-state index is 0.0667. The first-order valence-corrected chi connectivity index (χ1v) is 12.1. The van der Waals surface area contributed by atoms with E-state index < -0.39 is 0 Å². The van der Waals surface area contributed by atoms with Crippen molar-refractivity contribution in [3.8, 4) is 17.7 Å². The number of nitrogens with zero attached hydrogens (tertiary/aromatic N) is 5. The number of piperazine rings is 1. The van der Waals surface area contributed by atoms with Crippen molar-refractivity contribution in [2.75, 3.05) is 49.5 Å². The molecule has 3 aromatic rings. The predicted octanol–water partition coefficient (Wildman–Crippen LogP) is 3.71. The molecule has 0 bridgehead atoms. The number of hydrogen-bond acceptors (Lipinski definition) is 7. The Labute approximate surface area is 209 Å². The zero-order chi connectivity index (χ0) is 25.1. The van der Waals surface area contributed by atoms with Gasteiger partial charge in [0.2, 0.25) is 17.5 Å². The number of benzene rings is 1. The lowest BCUT2D eigenvalue weighted by atomic mass is 9.96. The van der Waals surface area contributed by atoms with Gasteiger partial charge in [-0.1, -0.05) is 12.1 Å². The van der Waals surface area contributed by atoms with E-state index in [1.54, 1.807) is 17.0 Å². The topological polar surface area (TPSA) is 119 Å². The summed E-state index contributed by atoms with van der Waals surface area (Å²) >= 11 is 0. The summed E-state index contributed by atoms with van der Waals surface area (Å²) in [7, 11) is 0. The van der Waals surface area contributed by atoms with Gasteiger partial charge in [0.05, 0.1) is 12.2 Å². The molecule has 4 heterocycles. The van der Waals surface area contributed by atoms with Gasteiger partial charge < -0.3 is 28.9 Å². The number of anilines is 2. The van der Waals surface area contributed by atoms with E-state index in [-0.39, 0.29) is 29.4 Å². The fourth-order valence-electron chi connectivity index (χ4n) is 4.78. The van der Waals surface area contributed by atoms with Crippen LogP contribution >= 0.6 is 0 Å².